The summed E-state index contributed by atoms with van der Waals surface area (Å²) in [6, 6.07) is 0. The summed E-state index contributed by atoms with van der Waals surface area (Å²) in [5, 5.41) is 0. The number of piperidine rings is 1. The van der Waals surface area contributed by atoms with Crippen LogP contribution in [-0.4, -0.2) is 43.2 Å². The summed E-state index contributed by atoms with van der Waals surface area (Å²) in [6.07, 6.45) is 5.19. The number of aliphatic imine (C=N–C) groups is 1. The Hall–Kier alpha value is -0.770. The molecular formula is C14H27N3O. The molecule has 18 heavy (non-hydrogen) atoms. The van der Waals surface area contributed by atoms with E-state index in [2.05, 4.69) is 23.7 Å². The van der Waals surface area contributed by atoms with Crippen molar-refractivity contribution < 1.29 is 4.74 Å². The molecule has 2 fully saturated rings. The van der Waals surface area contributed by atoms with E-state index in [1.165, 1.54) is 12.8 Å². The topological polar surface area (TPSA) is 50.8 Å². The standard InChI is InChI=1S/C14H27N3O/c1-11-4-3-6-17(10-11)14(15)16-9-13-5-7-18-12(2)8-13/h11-13H,3-10H2,1-2H3,(H2,15,16). The highest BCUT2D eigenvalue weighted by Gasteiger charge is 2.20. The Morgan fingerprint density at radius 1 is 1.39 bits per heavy atom. The highest BCUT2D eigenvalue weighted by molar-refractivity contribution is 5.78. The van der Waals surface area contributed by atoms with Crippen molar-refractivity contribution in [3.8, 4) is 0 Å². The first-order valence-corrected chi connectivity index (χ1v) is 7.31. The van der Waals surface area contributed by atoms with Gasteiger partial charge in [-0.1, -0.05) is 6.92 Å². The van der Waals surface area contributed by atoms with Crippen LogP contribution < -0.4 is 5.73 Å². The average Bonchev–Trinajstić information content (AvgIpc) is 2.36. The van der Waals surface area contributed by atoms with E-state index < -0.39 is 0 Å². The van der Waals surface area contributed by atoms with Crippen LogP contribution in [0.3, 0.4) is 0 Å². The van der Waals surface area contributed by atoms with E-state index in [0.717, 1.165) is 51.0 Å². The minimum atomic E-state index is 0.384. The molecule has 2 heterocycles. The molecule has 0 aromatic rings. The van der Waals surface area contributed by atoms with Crippen LogP contribution in [-0.2, 0) is 4.74 Å². The number of hydrogen-bond acceptors (Lipinski definition) is 2. The van der Waals surface area contributed by atoms with E-state index in [1.807, 2.05) is 0 Å². The van der Waals surface area contributed by atoms with Gasteiger partial charge in [-0.15, -0.1) is 0 Å². The van der Waals surface area contributed by atoms with Gasteiger partial charge in [0.15, 0.2) is 5.96 Å². The van der Waals surface area contributed by atoms with Crippen molar-refractivity contribution in [1.82, 2.24) is 4.90 Å². The van der Waals surface area contributed by atoms with E-state index in [0.29, 0.717) is 12.0 Å². The summed E-state index contributed by atoms with van der Waals surface area (Å²) < 4.78 is 5.56. The smallest absolute Gasteiger partial charge is 0.191 e. The second kappa shape index (κ2) is 6.41. The molecule has 2 N–H and O–H groups in total. The molecule has 2 aliphatic heterocycles. The molecule has 104 valence electrons. The number of nitrogens with zero attached hydrogens (tertiary/aromatic N) is 2. The van der Waals surface area contributed by atoms with Crippen LogP contribution in [0.15, 0.2) is 4.99 Å². The first-order chi connectivity index (χ1) is 8.65. The number of rotatable bonds is 2. The summed E-state index contributed by atoms with van der Waals surface area (Å²) in [5.74, 6) is 2.14. The Bertz CT molecular complexity index is 293. The van der Waals surface area contributed by atoms with Crippen molar-refractivity contribution in [3.63, 3.8) is 0 Å². The van der Waals surface area contributed by atoms with Gasteiger partial charge in [-0.05, 0) is 44.4 Å². The van der Waals surface area contributed by atoms with Crippen LogP contribution in [0.25, 0.3) is 0 Å². The fourth-order valence-corrected chi connectivity index (χ4v) is 2.98. The Kier molecular flexibility index (Phi) is 4.87. The molecule has 0 amide bonds. The van der Waals surface area contributed by atoms with Crippen LogP contribution in [0.5, 0.6) is 0 Å². The molecule has 0 bridgehead atoms. The summed E-state index contributed by atoms with van der Waals surface area (Å²) in [5.41, 5.74) is 6.11. The Morgan fingerprint density at radius 2 is 2.22 bits per heavy atom. The minimum absolute atomic E-state index is 0.384. The normalized spacial score (nSPS) is 34.7. The minimum Gasteiger partial charge on any atom is -0.378 e. The van der Waals surface area contributed by atoms with Crippen molar-refractivity contribution in [3.05, 3.63) is 0 Å². The molecule has 0 saturated carbocycles. The zero-order valence-electron chi connectivity index (χ0n) is 11.8. The highest BCUT2D eigenvalue weighted by atomic mass is 16.5. The van der Waals surface area contributed by atoms with E-state index in [1.54, 1.807) is 0 Å². The molecule has 2 rings (SSSR count). The van der Waals surface area contributed by atoms with Crippen molar-refractivity contribution in [2.75, 3.05) is 26.2 Å². The van der Waals surface area contributed by atoms with Gasteiger partial charge < -0.3 is 15.4 Å². The summed E-state index contributed by atoms with van der Waals surface area (Å²) in [7, 11) is 0. The third-order valence-corrected chi connectivity index (χ3v) is 4.09. The lowest BCUT2D eigenvalue weighted by Gasteiger charge is -2.32. The molecule has 3 atom stereocenters. The maximum Gasteiger partial charge on any atom is 0.191 e. The number of guanidine groups is 1. The molecule has 2 aliphatic rings. The second-order valence-corrected chi connectivity index (χ2v) is 5.96. The summed E-state index contributed by atoms with van der Waals surface area (Å²) in [4.78, 5) is 6.85. The lowest BCUT2D eigenvalue weighted by atomic mass is 9.96. The van der Waals surface area contributed by atoms with Crippen LogP contribution in [0.2, 0.25) is 0 Å². The van der Waals surface area contributed by atoms with Crippen molar-refractivity contribution >= 4 is 5.96 Å². The molecule has 0 aromatic heterocycles. The van der Waals surface area contributed by atoms with Crippen LogP contribution in [0.1, 0.15) is 39.5 Å². The summed E-state index contributed by atoms with van der Waals surface area (Å²) in [6.45, 7) is 8.32. The first kappa shape index (κ1) is 13.7. The molecule has 4 heteroatoms. The van der Waals surface area contributed by atoms with Crippen molar-refractivity contribution in [1.29, 1.82) is 0 Å². The zero-order valence-corrected chi connectivity index (χ0v) is 11.8. The van der Waals surface area contributed by atoms with Gasteiger partial charge in [0.05, 0.1) is 6.10 Å². The zero-order chi connectivity index (χ0) is 13.0. The third-order valence-electron chi connectivity index (χ3n) is 4.09. The molecule has 0 spiro atoms. The van der Waals surface area contributed by atoms with Crippen molar-refractivity contribution in [2.24, 2.45) is 22.6 Å². The van der Waals surface area contributed by atoms with E-state index in [-0.39, 0.29) is 0 Å². The maximum atomic E-state index is 6.11. The van der Waals surface area contributed by atoms with Crippen molar-refractivity contribution in [2.45, 2.75) is 45.6 Å². The predicted molar refractivity (Wildman–Crippen MR) is 74.6 cm³/mol. The quantitative estimate of drug-likeness (QED) is 0.603. The Balaban J connectivity index is 1.80. The fraction of sp³-hybridized carbons (Fsp3) is 0.929. The molecular weight excluding hydrogens is 226 g/mol. The second-order valence-electron chi connectivity index (χ2n) is 5.96. The first-order valence-electron chi connectivity index (χ1n) is 7.31. The number of nitrogens with two attached hydrogens (primary N) is 1. The van der Waals surface area contributed by atoms with Gasteiger partial charge in [0, 0.05) is 26.2 Å². The third kappa shape index (κ3) is 3.87. The largest absolute Gasteiger partial charge is 0.378 e. The molecule has 0 aliphatic carbocycles. The maximum absolute atomic E-state index is 6.11. The van der Waals surface area contributed by atoms with Gasteiger partial charge in [0.25, 0.3) is 0 Å². The molecule has 2 saturated heterocycles. The molecule has 0 radical (unpaired) electrons. The highest BCUT2D eigenvalue weighted by Crippen LogP contribution is 2.20. The van der Waals surface area contributed by atoms with Gasteiger partial charge in [0.2, 0.25) is 0 Å². The van der Waals surface area contributed by atoms with E-state index >= 15 is 0 Å². The predicted octanol–water partition coefficient (Wildman–Crippen LogP) is 1.85. The average molecular weight is 253 g/mol. The number of ether oxygens (including phenoxy) is 1. The van der Waals surface area contributed by atoms with Crippen LogP contribution >= 0.6 is 0 Å². The summed E-state index contributed by atoms with van der Waals surface area (Å²) >= 11 is 0. The number of likely N-dealkylation sites (tertiary alicyclic amines) is 1. The lowest BCUT2D eigenvalue weighted by molar-refractivity contribution is 0.00476. The van der Waals surface area contributed by atoms with E-state index in [4.69, 9.17) is 10.5 Å². The van der Waals surface area contributed by atoms with Crippen LogP contribution in [0, 0.1) is 11.8 Å². The van der Waals surface area contributed by atoms with Gasteiger partial charge >= 0.3 is 0 Å². The van der Waals surface area contributed by atoms with Gasteiger partial charge in [-0.3, -0.25) is 4.99 Å². The van der Waals surface area contributed by atoms with Gasteiger partial charge in [-0.25, -0.2) is 0 Å². The Morgan fingerprint density at radius 3 is 2.94 bits per heavy atom. The van der Waals surface area contributed by atoms with E-state index in [9.17, 15) is 0 Å². The fourth-order valence-electron chi connectivity index (χ4n) is 2.98. The Labute approximate surface area is 111 Å². The molecule has 0 aromatic carbocycles. The monoisotopic (exact) mass is 253 g/mol. The number of hydrogen-bond donors (Lipinski definition) is 1. The van der Waals surface area contributed by atoms with Crippen LogP contribution in [0.4, 0.5) is 0 Å². The van der Waals surface area contributed by atoms with Gasteiger partial charge in [-0.2, -0.15) is 0 Å². The van der Waals surface area contributed by atoms with Gasteiger partial charge in [0.1, 0.15) is 0 Å². The molecule has 3 unspecified atom stereocenters. The molecule has 4 nitrogen and oxygen atoms in total. The lowest BCUT2D eigenvalue weighted by Crippen LogP contribution is -2.43. The SMILES string of the molecule is CC1CCCN(C(N)=NCC2CCOC(C)C2)C1.